The minimum atomic E-state index is 0.683. The first kappa shape index (κ1) is 14.8. The number of hydrogen-bond donors (Lipinski definition) is 1. The third-order valence-electron chi connectivity index (χ3n) is 2.61. The predicted octanol–water partition coefficient (Wildman–Crippen LogP) is 2.22. The number of methoxy groups -OCH3 is 2. The molecule has 0 atom stereocenters. The molecular formula is C14H23NO3. The normalized spacial score (nSPS) is 10.4. The van der Waals surface area contributed by atoms with Gasteiger partial charge in [-0.1, -0.05) is 6.07 Å². The molecule has 0 bridgehead atoms. The van der Waals surface area contributed by atoms with Gasteiger partial charge in [-0.05, 0) is 37.6 Å². The van der Waals surface area contributed by atoms with Crippen molar-refractivity contribution in [1.29, 1.82) is 0 Å². The minimum Gasteiger partial charge on any atom is -0.493 e. The van der Waals surface area contributed by atoms with Crippen LogP contribution < -0.4 is 14.8 Å². The number of nitrogens with one attached hydrogen (secondary N) is 1. The first-order chi connectivity index (χ1) is 8.81. The molecule has 0 radical (unpaired) electrons. The second-order valence-electron chi connectivity index (χ2n) is 4.06. The van der Waals surface area contributed by atoms with Gasteiger partial charge >= 0.3 is 0 Å². The van der Waals surface area contributed by atoms with Crippen molar-refractivity contribution in [2.24, 2.45) is 0 Å². The van der Waals surface area contributed by atoms with E-state index in [4.69, 9.17) is 14.2 Å². The summed E-state index contributed by atoms with van der Waals surface area (Å²) in [7, 11) is 5.30. The molecule has 1 N–H and O–H groups in total. The van der Waals surface area contributed by atoms with E-state index < -0.39 is 0 Å². The lowest BCUT2D eigenvalue weighted by molar-refractivity contribution is 0.183. The van der Waals surface area contributed by atoms with Crippen molar-refractivity contribution in [2.45, 2.75) is 19.4 Å². The Balaban J connectivity index is 2.52. The molecule has 0 aromatic heterocycles. The largest absolute Gasteiger partial charge is 0.493 e. The molecule has 0 fully saturated rings. The molecule has 1 aromatic rings. The highest BCUT2D eigenvalue weighted by Crippen LogP contribution is 2.28. The van der Waals surface area contributed by atoms with Crippen molar-refractivity contribution in [3.05, 3.63) is 23.8 Å². The lowest BCUT2D eigenvalue weighted by Gasteiger charge is -2.12. The van der Waals surface area contributed by atoms with E-state index in [-0.39, 0.29) is 0 Å². The van der Waals surface area contributed by atoms with Crippen LogP contribution in [0.15, 0.2) is 18.2 Å². The summed E-state index contributed by atoms with van der Waals surface area (Å²) < 4.78 is 16.0. The Bertz CT molecular complexity index is 342. The van der Waals surface area contributed by atoms with E-state index in [1.165, 1.54) is 5.56 Å². The summed E-state index contributed by atoms with van der Waals surface area (Å²) in [5.41, 5.74) is 1.19. The van der Waals surface area contributed by atoms with Crippen LogP contribution in [0.1, 0.15) is 18.4 Å². The van der Waals surface area contributed by atoms with Gasteiger partial charge in [0.05, 0.1) is 13.7 Å². The van der Waals surface area contributed by atoms with Crippen LogP contribution in [0, 0.1) is 0 Å². The van der Waals surface area contributed by atoms with Gasteiger partial charge in [0.2, 0.25) is 0 Å². The lowest BCUT2D eigenvalue weighted by Crippen LogP contribution is -2.06. The van der Waals surface area contributed by atoms with E-state index in [0.717, 1.165) is 37.5 Å². The minimum absolute atomic E-state index is 0.683. The van der Waals surface area contributed by atoms with Crippen molar-refractivity contribution in [2.75, 3.05) is 34.5 Å². The number of hydrogen-bond acceptors (Lipinski definition) is 4. The molecule has 0 aliphatic rings. The molecule has 0 heterocycles. The topological polar surface area (TPSA) is 39.7 Å². The van der Waals surface area contributed by atoms with Gasteiger partial charge in [0.25, 0.3) is 0 Å². The number of ether oxygens (including phenoxy) is 3. The van der Waals surface area contributed by atoms with Crippen LogP contribution in [0.4, 0.5) is 0 Å². The monoisotopic (exact) mass is 253 g/mol. The second-order valence-corrected chi connectivity index (χ2v) is 4.06. The summed E-state index contributed by atoms with van der Waals surface area (Å²) in [6.45, 7) is 2.28. The third-order valence-corrected chi connectivity index (χ3v) is 2.61. The van der Waals surface area contributed by atoms with Gasteiger partial charge < -0.3 is 19.5 Å². The molecule has 18 heavy (non-hydrogen) atoms. The van der Waals surface area contributed by atoms with Gasteiger partial charge in [0.1, 0.15) is 0 Å². The van der Waals surface area contributed by atoms with Crippen LogP contribution in [0.2, 0.25) is 0 Å². The van der Waals surface area contributed by atoms with Crippen LogP contribution in [-0.4, -0.2) is 34.5 Å². The zero-order valence-corrected chi connectivity index (χ0v) is 11.5. The standard InChI is InChI=1S/C14H23NO3/c1-15-11-12-6-7-13(17-3)14(10-12)18-9-5-4-8-16-2/h6-7,10,15H,4-5,8-9,11H2,1-3H3. The Morgan fingerprint density at radius 3 is 2.50 bits per heavy atom. The van der Waals surface area contributed by atoms with E-state index in [0.29, 0.717) is 6.61 Å². The van der Waals surface area contributed by atoms with Crippen molar-refractivity contribution in [3.63, 3.8) is 0 Å². The number of benzene rings is 1. The maximum Gasteiger partial charge on any atom is 0.161 e. The fraction of sp³-hybridized carbons (Fsp3) is 0.571. The molecular weight excluding hydrogens is 230 g/mol. The summed E-state index contributed by atoms with van der Waals surface area (Å²) >= 11 is 0. The maximum absolute atomic E-state index is 5.75. The fourth-order valence-corrected chi connectivity index (χ4v) is 1.68. The van der Waals surface area contributed by atoms with Gasteiger partial charge in [0, 0.05) is 20.3 Å². The Hall–Kier alpha value is -1.26. The molecule has 0 saturated heterocycles. The molecule has 0 aliphatic heterocycles. The molecule has 1 aromatic carbocycles. The highest BCUT2D eigenvalue weighted by atomic mass is 16.5. The van der Waals surface area contributed by atoms with Crippen LogP contribution >= 0.6 is 0 Å². The summed E-state index contributed by atoms with van der Waals surface area (Å²) in [6, 6.07) is 6.00. The highest BCUT2D eigenvalue weighted by Gasteiger charge is 2.05. The van der Waals surface area contributed by atoms with E-state index in [2.05, 4.69) is 5.32 Å². The molecule has 1 rings (SSSR count). The Kier molecular flexibility index (Phi) is 7.22. The Morgan fingerprint density at radius 1 is 1.06 bits per heavy atom. The van der Waals surface area contributed by atoms with Gasteiger partial charge in [-0.15, -0.1) is 0 Å². The first-order valence-corrected chi connectivity index (χ1v) is 6.25. The highest BCUT2D eigenvalue weighted by molar-refractivity contribution is 5.42. The number of rotatable bonds is 9. The smallest absolute Gasteiger partial charge is 0.161 e. The molecule has 0 aliphatic carbocycles. The quantitative estimate of drug-likeness (QED) is 0.685. The number of unbranched alkanes of at least 4 members (excludes halogenated alkanes) is 1. The lowest BCUT2D eigenvalue weighted by atomic mass is 10.2. The molecule has 0 amide bonds. The SMILES string of the molecule is CNCc1ccc(OC)c(OCCCCOC)c1. The van der Waals surface area contributed by atoms with Crippen molar-refractivity contribution < 1.29 is 14.2 Å². The zero-order chi connectivity index (χ0) is 13.2. The van der Waals surface area contributed by atoms with Gasteiger partial charge in [-0.2, -0.15) is 0 Å². The average molecular weight is 253 g/mol. The van der Waals surface area contributed by atoms with Gasteiger partial charge in [-0.25, -0.2) is 0 Å². The molecule has 102 valence electrons. The Labute approximate surface area is 109 Å². The Morgan fingerprint density at radius 2 is 1.83 bits per heavy atom. The van der Waals surface area contributed by atoms with Crippen LogP contribution in [0.5, 0.6) is 11.5 Å². The van der Waals surface area contributed by atoms with Gasteiger partial charge in [-0.3, -0.25) is 0 Å². The molecule has 4 nitrogen and oxygen atoms in total. The van der Waals surface area contributed by atoms with Crippen LogP contribution in [0.3, 0.4) is 0 Å². The average Bonchev–Trinajstić information content (AvgIpc) is 2.39. The molecule has 0 spiro atoms. The summed E-state index contributed by atoms with van der Waals surface area (Å²) in [5.74, 6) is 1.59. The first-order valence-electron chi connectivity index (χ1n) is 6.25. The van der Waals surface area contributed by atoms with E-state index in [9.17, 15) is 0 Å². The zero-order valence-electron chi connectivity index (χ0n) is 11.5. The predicted molar refractivity (Wildman–Crippen MR) is 72.4 cm³/mol. The van der Waals surface area contributed by atoms with Crippen LogP contribution in [0.25, 0.3) is 0 Å². The molecule has 4 heteroatoms. The van der Waals surface area contributed by atoms with Crippen molar-refractivity contribution in [3.8, 4) is 11.5 Å². The summed E-state index contributed by atoms with van der Waals surface area (Å²) in [5, 5.41) is 3.12. The van der Waals surface area contributed by atoms with Crippen LogP contribution in [-0.2, 0) is 11.3 Å². The maximum atomic E-state index is 5.75. The molecule has 0 saturated carbocycles. The summed E-state index contributed by atoms with van der Waals surface area (Å²) in [6.07, 6.45) is 1.99. The second kappa shape index (κ2) is 8.78. The molecule has 0 unspecified atom stereocenters. The van der Waals surface area contributed by atoms with Crippen molar-refractivity contribution >= 4 is 0 Å². The van der Waals surface area contributed by atoms with E-state index in [1.54, 1.807) is 14.2 Å². The van der Waals surface area contributed by atoms with Crippen molar-refractivity contribution in [1.82, 2.24) is 5.32 Å². The van der Waals surface area contributed by atoms with E-state index >= 15 is 0 Å². The van der Waals surface area contributed by atoms with Gasteiger partial charge in [0.15, 0.2) is 11.5 Å². The third kappa shape index (κ3) is 4.94. The summed E-state index contributed by atoms with van der Waals surface area (Å²) in [4.78, 5) is 0. The fourth-order valence-electron chi connectivity index (χ4n) is 1.68. The van der Waals surface area contributed by atoms with E-state index in [1.807, 2.05) is 25.2 Å².